The monoisotopic (exact) mass is 393 g/mol. The molecule has 0 aliphatic rings. The van der Waals surface area contributed by atoms with Crippen molar-refractivity contribution < 1.29 is 4.79 Å². The Morgan fingerprint density at radius 3 is 2.69 bits per heavy atom. The highest BCUT2D eigenvalue weighted by atomic mass is 35.5. The van der Waals surface area contributed by atoms with Crippen molar-refractivity contribution >= 4 is 35.1 Å². The van der Waals surface area contributed by atoms with Gasteiger partial charge in [-0.1, -0.05) is 40.4 Å². The Labute approximate surface area is 157 Å². The van der Waals surface area contributed by atoms with E-state index in [1.807, 2.05) is 0 Å². The molecular formula is C15H13Cl2N7O2. The topological polar surface area (TPSA) is 108 Å². The molecule has 0 bridgehead atoms. The second-order valence-corrected chi connectivity index (χ2v) is 6.06. The van der Waals surface area contributed by atoms with Gasteiger partial charge in [-0.05, 0) is 35.0 Å². The largest absolute Gasteiger partial charge is 0.288 e. The van der Waals surface area contributed by atoms with Crippen LogP contribution in [0.4, 0.5) is 5.95 Å². The number of aryl methyl sites for hydroxylation is 2. The number of aromatic nitrogens is 6. The minimum atomic E-state index is -0.640. The summed E-state index contributed by atoms with van der Waals surface area (Å²) in [5.74, 6) is -0.523. The molecule has 134 valence electrons. The van der Waals surface area contributed by atoms with Crippen molar-refractivity contribution in [2.45, 2.75) is 13.5 Å². The van der Waals surface area contributed by atoms with Gasteiger partial charge in [-0.25, -0.2) is 9.36 Å². The van der Waals surface area contributed by atoms with E-state index in [1.165, 1.54) is 4.68 Å². The molecule has 0 radical (unpaired) electrons. The van der Waals surface area contributed by atoms with E-state index >= 15 is 0 Å². The molecule has 26 heavy (non-hydrogen) atoms. The van der Waals surface area contributed by atoms with Crippen LogP contribution in [0.2, 0.25) is 10.0 Å². The van der Waals surface area contributed by atoms with Gasteiger partial charge in [0, 0.05) is 18.6 Å². The molecule has 1 amide bonds. The minimum Gasteiger partial charge on any atom is -0.288 e. The predicted molar refractivity (Wildman–Crippen MR) is 96.4 cm³/mol. The van der Waals surface area contributed by atoms with Gasteiger partial charge >= 0.3 is 0 Å². The molecule has 3 aromatic rings. The van der Waals surface area contributed by atoms with Gasteiger partial charge < -0.3 is 0 Å². The number of anilines is 1. The Balaban J connectivity index is 2.15. The fourth-order valence-corrected chi connectivity index (χ4v) is 2.80. The third kappa shape index (κ3) is 3.31. The highest BCUT2D eigenvalue weighted by Gasteiger charge is 2.23. The van der Waals surface area contributed by atoms with Crippen molar-refractivity contribution in [1.82, 2.24) is 30.0 Å². The summed E-state index contributed by atoms with van der Waals surface area (Å²) in [4.78, 5) is 25.3. The van der Waals surface area contributed by atoms with Crippen LogP contribution in [0.1, 0.15) is 17.4 Å². The van der Waals surface area contributed by atoms with E-state index in [1.54, 1.807) is 38.2 Å². The number of hydrogen-bond donors (Lipinski definition) is 1. The standard InChI is InChI=1S/C15H13Cl2N7O2/c1-3-24-14(26)10(8-5-4-6-9(16)7-8)11(17)12(20-24)13(25)18-15-19-21-22-23(15)2/h4-7H,3H2,1-2H3,(H,18,19,22,25). The summed E-state index contributed by atoms with van der Waals surface area (Å²) in [6.45, 7) is 1.99. The Morgan fingerprint density at radius 2 is 2.08 bits per heavy atom. The van der Waals surface area contributed by atoms with E-state index in [4.69, 9.17) is 23.2 Å². The summed E-state index contributed by atoms with van der Waals surface area (Å²) >= 11 is 12.4. The fraction of sp³-hybridized carbons (Fsp3) is 0.200. The maximum Gasteiger partial charge on any atom is 0.280 e. The second-order valence-electron chi connectivity index (χ2n) is 5.25. The van der Waals surface area contributed by atoms with Crippen molar-refractivity contribution in [3.8, 4) is 11.1 Å². The maximum atomic E-state index is 12.7. The molecule has 9 nitrogen and oxygen atoms in total. The molecular weight excluding hydrogens is 381 g/mol. The van der Waals surface area contributed by atoms with Crippen LogP contribution in [0.5, 0.6) is 0 Å². The summed E-state index contributed by atoms with van der Waals surface area (Å²) in [5.41, 5.74) is 0.0986. The first kappa shape index (κ1) is 18.0. The van der Waals surface area contributed by atoms with Crippen LogP contribution in [0.15, 0.2) is 29.1 Å². The van der Waals surface area contributed by atoms with Crippen molar-refractivity contribution in [3.05, 3.63) is 50.4 Å². The van der Waals surface area contributed by atoms with E-state index in [9.17, 15) is 9.59 Å². The highest BCUT2D eigenvalue weighted by molar-refractivity contribution is 6.36. The zero-order chi connectivity index (χ0) is 18.8. The minimum absolute atomic E-state index is 0.0744. The van der Waals surface area contributed by atoms with Crippen molar-refractivity contribution in [3.63, 3.8) is 0 Å². The molecule has 0 fully saturated rings. The smallest absolute Gasteiger partial charge is 0.280 e. The van der Waals surface area contributed by atoms with E-state index in [0.717, 1.165) is 4.68 Å². The van der Waals surface area contributed by atoms with E-state index in [0.29, 0.717) is 10.6 Å². The summed E-state index contributed by atoms with van der Waals surface area (Å²) in [5, 5.41) is 17.7. The first-order valence-electron chi connectivity index (χ1n) is 7.52. The van der Waals surface area contributed by atoms with Crippen molar-refractivity contribution in [1.29, 1.82) is 0 Å². The molecule has 0 unspecified atom stereocenters. The molecule has 1 N–H and O–H groups in total. The summed E-state index contributed by atoms with van der Waals surface area (Å²) in [7, 11) is 1.56. The van der Waals surface area contributed by atoms with Crippen LogP contribution in [-0.4, -0.2) is 35.9 Å². The summed E-state index contributed by atoms with van der Waals surface area (Å²) < 4.78 is 2.44. The number of tetrazole rings is 1. The number of nitrogens with one attached hydrogen (secondary N) is 1. The molecule has 0 aliphatic heterocycles. The predicted octanol–water partition coefficient (Wildman–Crippen LogP) is 2.01. The average Bonchev–Trinajstić information content (AvgIpc) is 3.00. The molecule has 3 rings (SSSR count). The third-order valence-corrected chi connectivity index (χ3v) is 4.17. The average molecular weight is 394 g/mol. The molecule has 0 aliphatic carbocycles. The molecule has 1 aromatic carbocycles. The highest BCUT2D eigenvalue weighted by Crippen LogP contribution is 2.28. The van der Waals surface area contributed by atoms with Gasteiger partial charge in [0.1, 0.15) is 0 Å². The summed E-state index contributed by atoms with van der Waals surface area (Å²) in [6.07, 6.45) is 0. The zero-order valence-electron chi connectivity index (χ0n) is 13.8. The van der Waals surface area contributed by atoms with E-state index in [2.05, 4.69) is 25.9 Å². The van der Waals surface area contributed by atoms with Gasteiger partial charge in [0.2, 0.25) is 5.95 Å². The number of benzene rings is 1. The van der Waals surface area contributed by atoms with Gasteiger partial charge in [-0.2, -0.15) is 5.10 Å². The van der Waals surface area contributed by atoms with Crippen LogP contribution in [-0.2, 0) is 13.6 Å². The van der Waals surface area contributed by atoms with Crippen LogP contribution in [0.25, 0.3) is 11.1 Å². The lowest BCUT2D eigenvalue weighted by atomic mass is 10.1. The van der Waals surface area contributed by atoms with Gasteiger partial charge in [0.05, 0.1) is 10.6 Å². The lowest BCUT2D eigenvalue weighted by molar-refractivity contribution is 0.101. The van der Waals surface area contributed by atoms with Crippen molar-refractivity contribution in [2.24, 2.45) is 7.05 Å². The Kier molecular flexibility index (Phi) is 5.01. The van der Waals surface area contributed by atoms with Crippen LogP contribution in [0, 0.1) is 0 Å². The lowest BCUT2D eigenvalue weighted by Gasteiger charge is -2.12. The molecule has 11 heteroatoms. The lowest BCUT2D eigenvalue weighted by Crippen LogP contribution is -2.29. The molecule has 2 aromatic heterocycles. The Hall–Kier alpha value is -2.78. The number of nitrogens with zero attached hydrogens (tertiary/aromatic N) is 6. The normalized spacial score (nSPS) is 10.8. The molecule has 0 saturated heterocycles. The number of carbonyl (C=O) groups excluding carboxylic acids is 1. The zero-order valence-corrected chi connectivity index (χ0v) is 15.3. The Morgan fingerprint density at radius 1 is 1.31 bits per heavy atom. The summed E-state index contributed by atoms with van der Waals surface area (Å²) in [6, 6.07) is 6.64. The van der Waals surface area contributed by atoms with Crippen LogP contribution < -0.4 is 10.9 Å². The van der Waals surface area contributed by atoms with Gasteiger partial charge in [0.25, 0.3) is 11.5 Å². The van der Waals surface area contributed by atoms with Crippen LogP contribution >= 0.6 is 23.2 Å². The van der Waals surface area contributed by atoms with Crippen molar-refractivity contribution in [2.75, 3.05) is 5.32 Å². The number of hydrogen-bond acceptors (Lipinski definition) is 6. The van der Waals surface area contributed by atoms with Gasteiger partial charge in [-0.3, -0.25) is 14.9 Å². The number of carbonyl (C=O) groups is 1. The number of amides is 1. The first-order chi connectivity index (χ1) is 12.4. The SMILES string of the molecule is CCn1nc(C(=O)Nc2nnnn2C)c(Cl)c(-c2cccc(Cl)c2)c1=O. The maximum absolute atomic E-state index is 12.7. The molecule has 0 atom stereocenters. The number of halogens is 2. The second kappa shape index (κ2) is 7.22. The van der Waals surface area contributed by atoms with Gasteiger partial charge in [0.15, 0.2) is 5.69 Å². The van der Waals surface area contributed by atoms with Crippen LogP contribution in [0.3, 0.4) is 0 Å². The van der Waals surface area contributed by atoms with Gasteiger partial charge in [-0.15, -0.1) is 0 Å². The van der Waals surface area contributed by atoms with E-state index < -0.39 is 11.5 Å². The third-order valence-electron chi connectivity index (χ3n) is 3.57. The number of rotatable bonds is 4. The Bertz CT molecular complexity index is 1040. The first-order valence-corrected chi connectivity index (χ1v) is 8.28. The molecule has 2 heterocycles. The quantitative estimate of drug-likeness (QED) is 0.726. The van der Waals surface area contributed by atoms with E-state index in [-0.39, 0.29) is 28.8 Å². The molecule has 0 spiro atoms. The molecule has 0 saturated carbocycles. The fourth-order valence-electron chi connectivity index (χ4n) is 2.30.